The summed E-state index contributed by atoms with van der Waals surface area (Å²) < 4.78 is 0. The van der Waals surface area contributed by atoms with Gasteiger partial charge in [0.05, 0.1) is 0 Å². The standard InChI is InChI=1S/2C8H16O2.C4H10O2/c2*1-2-3-4-5-6-7-8(9)10;1-2-3-4(5)6/h2*2-7H2,1H3,(H,9,10);4-6H,2-3H2,1H3. The van der Waals surface area contributed by atoms with Crippen LogP contribution in [0.15, 0.2) is 0 Å². The van der Waals surface area contributed by atoms with Crippen molar-refractivity contribution < 1.29 is 30.0 Å². The maximum absolute atomic E-state index is 10.0. The van der Waals surface area contributed by atoms with E-state index in [-0.39, 0.29) is 0 Å². The van der Waals surface area contributed by atoms with E-state index in [2.05, 4.69) is 13.8 Å². The summed E-state index contributed by atoms with van der Waals surface area (Å²) in [5.74, 6) is -1.34. The molecule has 0 aromatic carbocycles. The van der Waals surface area contributed by atoms with E-state index >= 15 is 0 Å². The molecule has 0 spiro atoms. The van der Waals surface area contributed by atoms with Gasteiger partial charge in [0.1, 0.15) is 0 Å². The third kappa shape index (κ3) is 43.4. The minimum Gasteiger partial charge on any atom is -0.481 e. The van der Waals surface area contributed by atoms with E-state index in [1.165, 1.54) is 38.5 Å². The molecule has 0 saturated heterocycles. The first kappa shape index (κ1) is 29.6. The van der Waals surface area contributed by atoms with Crippen molar-refractivity contribution in [2.45, 2.75) is 117 Å². The Morgan fingerprint density at radius 3 is 1.15 bits per heavy atom. The third-order valence-electron chi connectivity index (χ3n) is 3.54. The SMILES string of the molecule is CCCC(O)O.CCCCCCCC(=O)O.CCCCCCCC(=O)O. The van der Waals surface area contributed by atoms with Crippen LogP contribution in [0.3, 0.4) is 0 Å². The van der Waals surface area contributed by atoms with Crippen LogP contribution < -0.4 is 0 Å². The van der Waals surface area contributed by atoms with Crippen molar-refractivity contribution in [3.05, 3.63) is 0 Å². The first-order valence-electron chi connectivity index (χ1n) is 10.1. The number of carboxylic acids is 2. The predicted octanol–water partition coefficient (Wildman–Crippen LogP) is 4.96. The molecule has 0 radical (unpaired) electrons. The summed E-state index contributed by atoms with van der Waals surface area (Å²) in [6, 6.07) is 0. The quantitative estimate of drug-likeness (QED) is 0.251. The van der Waals surface area contributed by atoms with E-state index < -0.39 is 18.2 Å². The van der Waals surface area contributed by atoms with Gasteiger partial charge in [-0.25, -0.2) is 0 Å². The molecular weight excluding hydrogens is 336 g/mol. The van der Waals surface area contributed by atoms with Gasteiger partial charge in [0.25, 0.3) is 0 Å². The van der Waals surface area contributed by atoms with Crippen LogP contribution in [-0.4, -0.2) is 38.7 Å². The molecule has 0 fully saturated rings. The number of rotatable bonds is 14. The summed E-state index contributed by atoms with van der Waals surface area (Å²) in [6.07, 6.45) is 12.0. The van der Waals surface area contributed by atoms with Crippen molar-refractivity contribution in [1.29, 1.82) is 0 Å². The van der Waals surface area contributed by atoms with Crippen LogP contribution in [0.4, 0.5) is 0 Å². The van der Waals surface area contributed by atoms with Gasteiger partial charge in [-0.3, -0.25) is 9.59 Å². The largest absolute Gasteiger partial charge is 0.481 e. The fourth-order valence-electron chi connectivity index (χ4n) is 2.02. The number of carbonyl (C=O) groups is 2. The molecular formula is C20H42O6. The lowest BCUT2D eigenvalue weighted by atomic mass is 10.1. The summed E-state index contributed by atoms with van der Waals surface area (Å²) in [7, 11) is 0. The van der Waals surface area contributed by atoms with Crippen molar-refractivity contribution >= 4 is 11.9 Å². The molecule has 0 unspecified atom stereocenters. The van der Waals surface area contributed by atoms with E-state index in [0.29, 0.717) is 19.3 Å². The predicted molar refractivity (Wildman–Crippen MR) is 105 cm³/mol. The lowest BCUT2D eigenvalue weighted by Crippen LogP contribution is -2.01. The monoisotopic (exact) mass is 378 g/mol. The summed E-state index contributed by atoms with van der Waals surface area (Å²) in [6.45, 7) is 6.20. The molecule has 158 valence electrons. The molecule has 6 heteroatoms. The molecule has 26 heavy (non-hydrogen) atoms. The molecule has 0 aliphatic rings. The van der Waals surface area contributed by atoms with E-state index in [1.807, 2.05) is 6.92 Å². The average Bonchev–Trinajstić information content (AvgIpc) is 2.55. The number of aliphatic carboxylic acids is 2. The smallest absolute Gasteiger partial charge is 0.303 e. The van der Waals surface area contributed by atoms with Gasteiger partial charge in [-0.2, -0.15) is 0 Å². The van der Waals surface area contributed by atoms with Gasteiger partial charge in [0.15, 0.2) is 6.29 Å². The first-order valence-corrected chi connectivity index (χ1v) is 10.1. The Labute approximate surface area is 159 Å². The number of hydrogen-bond donors (Lipinski definition) is 4. The Morgan fingerprint density at radius 2 is 0.962 bits per heavy atom. The lowest BCUT2D eigenvalue weighted by Gasteiger charge is -1.95. The van der Waals surface area contributed by atoms with Gasteiger partial charge in [-0.05, 0) is 19.3 Å². The molecule has 0 aliphatic carbocycles. The van der Waals surface area contributed by atoms with Gasteiger partial charge in [-0.15, -0.1) is 0 Å². The van der Waals surface area contributed by atoms with Gasteiger partial charge in [0, 0.05) is 12.8 Å². The zero-order valence-corrected chi connectivity index (χ0v) is 17.1. The van der Waals surface area contributed by atoms with E-state index in [1.54, 1.807) is 0 Å². The van der Waals surface area contributed by atoms with Crippen LogP contribution in [0, 0.1) is 0 Å². The van der Waals surface area contributed by atoms with E-state index in [9.17, 15) is 9.59 Å². The second-order valence-corrected chi connectivity index (χ2v) is 6.39. The highest BCUT2D eigenvalue weighted by molar-refractivity contribution is 5.66. The second-order valence-electron chi connectivity index (χ2n) is 6.39. The molecule has 0 bridgehead atoms. The Balaban J connectivity index is -0.000000316. The summed E-state index contributed by atoms with van der Waals surface area (Å²) >= 11 is 0. The lowest BCUT2D eigenvalue weighted by molar-refractivity contribution is -0.138. The Hall–Kier alpha value is -1.14. The minimum atomic E-state index is -1.10. The zero-order chi connectivity index (χ0) is 20.6. The van der Waals surface area contributed by atoms with E-state index in [4.69, 9.17) is 20.4 Å². The van der Waals surface area contributed by atoms with Crippen molar-refractivity contribution in [3.63, 3.8) is 0 Å². The van der Waals surface area contributed by atoms with E-state index in [0.717, 1.165) is 32.1 Å². The Kier molecular flexibility index (Phi) is 29.7. The highest BCUT2D eigenvalue weighted by atomic mass is 16.5. The fraction of sp³-hybridized carbons (Fsp3) is 0.900. The van der Waals surface area contributed by atoms with Gasteiger partial charge >= 0.3 is 11.9 Å². The fourth-order valence-corrected chi connectivity index (χ4v) is 2.02. The highest BCUT2D eigenvalue weighted by Gasteiger charge is 1.95. The molecule has 4 N–H and O–H groups in total. The van der Waals surface area contributed by atoms with Gasteiger partial charge in [0.2, 0.25) is 0 Å². The Bertz CT molecular complexity index is 268. The third-order valence-corrected chi connectivity index (χ3v) is 3.54. The van der Waals surface area contributed by atoms with Gasteiger partial charge < -0.3 is 20.4 Å². The molecule has 0 rings (SSSR count). The zero-order valence-electron chi connectivity index (χ0n) is 17.1. The van der Waals surface area contributed by atoms with Crippen molar-refractivity contribution in [2.75, 3.05) is 0 Å². The summed E-state index contributed by atoms with van der Waals surface area (Å²) in [5, 5.41) is 32.8. The average molecular weight is 379 g/mol. The maximum atomic E-state index is 10.0. The molecule has 0 atom stereocenters. The topological polar surface area (TPSA) is 115 Å². The van der Waals surface area contributed by atoms with Crippen LogP contribution in [0.25, 0.3) is 0 Å². The molecule has 0 aliphatic heterocycles. The van der Waals surface area contributed by atoms with Crippen LogP contribution >= 0.6 is 0 Å². The number of aliphatic hydroxyl groups excluding tert-OH is 1. The number of hydrogen-bond acceptors (Lipinski definition) is 4. The normalized spacial score (nSPS) is 9.77. The number of carboxylic acid groups (broad SMARTS) is 2. The van der Waals surface area contributed by atoms with Crippen LogP contribution in [0.5, 0.6) is 0 Å². The summed E-state index contributed by atoms with van der Waals surface area (Å²) in [4.78, 5) is 20.1. The molecule has 6 nitrogen and oxygen atoms in total. The first-order chi connectivity index (χ1) is 12.3. The van der Waals surface area contributed by atoms with Crippen molar-refractivity contribution in [3.8, 4) is 0 Å². The Morgan fingerprint density at radius 1 is 0.615 bits per heavy atom. The molecule has 0 heterocycles. The van der Waals surface area contributed by atoms with Crippen LogP contribution in [0.2, 0.25) is 0 Å². The molecule has 0 aromatic heterocycles. The van der Waals surface area contributed by atoms with Crippen molar-refractivity contribution in [1.82, 2.24) is 0 Å². The van der Waals surface area contributed by atoms with Crippen molar-refractivity contribution in [2.24, 2.45) is 0 Å². The maximum Gasteiger partial charge on any atom is 0.303 e. The molecule has 0 amide bonds. The van der Waals surface area contributed by atoms with Crippen LogP contribution in [0.1, 0.15) is 111 Å². The number of unbranched alkanes of at least 4 members (excludes halogenated alkanes) is 8. The number of aliphatic hydroxyl groups is 2. The van der Waals surface area contributed by atoms with Gasteiger partial charge in [-0.1, -0.05) is 78.6 Å². The minimum absolute atomic E-state index is 0.337. The molecule has 0 aromatic rings. The summed E-state index contributed by atoms with van der Waals surface area (Å²) in [5.41, 5.74) is 0. The molecule has 0 saturated carbocycles. The second kappa shape index (κ2) is 26.1. The van der Waals surface area contributed by atoms with Crippen LogP contribution in [-0.2, 0) is 9.59 Å². The highest BCUT2D eigenvalue weighted by Crippen LogP contribution is 2.04.